The van der Waals surface area contributed by atoms with Crippen LogP contribution in [0.15, 0.2) is 0 Å². The van der Waals surface area contributed by atoms with Gasteiger partial charge in [0.05, 0.1) is 16.8 Å². The van der Waals surface area contributed by atoms with Gasteiger partial charge in [-0.05, 0) is 38.9 Å². The molecule has 0 saturated heterocycles. The molecule has 17 heavy (non-hydrogen) atoms. The molecule has 0 unspecified atom stereocenters. The molecule has 0 rings (SSSR count). The second-order valence-electron chi connectivity index (χ2n) is 4.09. The Labute approximate surface area is 120 Å². The molecular weight excluding hydrogens is 270 g/mol. The molecule has 0 amide bonds. The van der Waals surface area contributed by atoms with Gasteiger partial charge in [-0.25, -0.2) is 0 Å². The average Bonchev–Trinajstić information content (AvgIpc) is 2.24. The highest BCUT2D eigenvalue weighted by atomic mass is 32.2. The first-order valence-electron chi connectivity index (χ1n) is 6.12. The Hall–Kier alpha value is 0.130. The van der Waals surface area contributed by atoms with Crippen molar-refractivity contribution in [1.29, 1.82) is 0 Å². The van der Waals surface area contributed by atoms with Gasteiger partial charge in [0.15, 0.2) is 0 Å². The molecule has 100 valence electrons. The van der Waals surface area contributed by atoms with Crippen molar-refractivity contribution >= 4 is 45.6 Å². The topological polar surface area (TPSA) is 12.5 Å². The highest BCUT2D eigenvalue weighted by Gasteiger charge is 2.10. The molecule has 0 saturated carbocycles. The fourth-order valence-electron chi connectivity index (χ4n) is 1.34. The molecule has 0 aliphatic carbocycles. The zero-order valence-corrected chi connectivity index (χ0v) is 13.6. The largest absolute Gasteiger partial charge is 0.476 e. The number of thioether (sulfide) groups is 1. The first kappa shape index (κ1) is 17.1. The zero-order valence-electron chi connectivity index (χ0n) is 11.2. The van der Waals surface area contributed by atoms with Gasteiger partial charge in [-0.1, -0.05) is 37.8 Å². The Balaban J connectivity index is 4.00. The minimum absolute atomic E-state index is 0.144. The maximum atomic E-state index is 5.43. The number of nitrogens with zero attached hydrogens (tertiary/aromatic N) is 1. The first-order chi connectivity index (χ1) is 8.01. The lowest BCUT2D eigenvalue weighted by molar-refractivity contribution is 0.243. The van der Waals surface area contributed by atoms with E-state index in [0.29, 0.717) is 4.38 Å². The van der Waals surface area contributed by atoms with E-state index < -0.39 is 0 Å². The van der Waals surface area contributed by atoms with Crippen LogP contribution in [0.2, 0.25) is 0 Å². The van der Waals surface area contributed by atoms with Crippen molar-refractivity contribution in [2.75, 3.05) is 18.8 Å². The van der Waals surface area contributed by atoms with E-state index in [2.05, 4.69) is 18.7 Å². The van der Waals surface area contributed by atoms with E-state index in [9.17, 15) is 0 Å². The molecule has 0 radical (unpaired) electrons. The predicted octanol–water partition coefficient (Wildman–Crippen LogP) is 3.88. The van der Waals surface area contributed by atoms with Crippen molar-refractivity contribution in [3.63, 3.8) is 0 Å². The molecule has 0 N–H and O–H groups in total. The van der Waals surface area contributed by atoms with Crippen LogP contribution in [0.3, 0.4) is 0 Å². The van der Waals surface area contributed by atoms with E-state index in [4.69, 9.17) is 29.2 Å². The number of rotatable bonds is 7. The minimum Gasteiger partial charge on any atom is -0.476 e. The number of hydrogen-bond acceptors (Lipinski definition) is 4. The minimum atomic E-state index is 0.144. The van der Waals surface area contributed by atoms with Crippen molar-refractivity contribution in [1.82, 2.24) is 4.90 Å². The van der Waals surface area contributed by atoms with Crippen LogP contribution in [0.1, 0.15) is 40.5 Å². The van der Waals surface area contributed by atoms with Gasteiger partial charge in [-0.3, -0.25) is 0 Å². The Bertz CT molecular complexity index is 238. The predicted molar refractivity (Wildman–Crippen MR) is 86.0 cm³/mol. The van der Waals surface area contributed by atoms with Crippen molar-refractivity contribution in [2.24, 2.45) is 0 Å². The SMILES string of the molecule is CCCN(CCC)C(=S)CSC(=S)OC(C)C. The molecule has 0 aromatic heterocycles. The number of hydrogen-bond donors (Lipinski definition) is 0. The summed E-state index contributed by atoms with van der Waals surface area (Å²) in [6.07, 6.45) is 2.39. The van der Waals surface area contributed by atoms with E-state index >= 15 is 0 Å². The lowest BCUT2D eigenvalue weighted by Gasteiger charge is -2.24. The molecule has 2 nitrogen and oxygen atoms in total. The van der Waals surface area contributed by atoms with Crippen LogP contribution in [0.5, 0.6) is 0 Å². The number of thiocarbonyl (C=S) groups is 2. The molecule has 0 atom stereocenters. The highest BCUT2D eigenvalue weighted by molar-refractivity contribution is 8.23. The third-order valence-electron chi connectivity index (χ3n) is 1.99. The van der Waals surface area contributed by atoms with Gasteiger partial charge in [0.2, 0.25) is 4.38 Å². The Morgan fingerprint density at radius 1 is 1.18 bits per heavy atom. The van der Waals surface area contributed by atoms with Crippen LogP contribution in [-0.2, 0) is 4.74 Å². The summed E-state index contributed by atoms with van der Waals surface area (Å²) >= 11 is 12.1. The van der Waals surface area contributed by atoms with Gasteiger partial charge < -0.3 is 9.64 Å². The van der Waals surface area contributed by atoms with Crippen LogP contribution in [-0.4, -0.2) is 39.2 Å². The van der Waals surface area contributed by atoms with E-state index in [1.165, 1.54) is 11.8 Å². The average molecular weight is 294 g/mol. The maximum Gasteiger partial charge on any atom is 0.220 e. The number of ether oxygens (including phenoxy) is 1. The van der Waals surface area contributed by atoms with E-state index in [1.807, 2.05) is 13.8 Å². The van der Waals surface area contributed by atoms with Gasteiger partial charge in [0.25, 0.3) is 0 Å². The molecule has 0 aliphatic heterocycles. The summed E-state index contributed by atoms with van der Waals surface area (Å²) in [5.41, 5.74) is 0. The Kier molecular flexibility index (Phi) is 10.2. The van der Waals surface area contributed by atoms with E-state index in [-0.39, 0.29) is 6.10 Å². The van der Waals surface area contributed by atoms with Gasteiger partial charge in [0.1, 0.15) is 0 Å². The van der Waals surface area contributed by atoms with Crippen LogP contribution < -0.4 is 0 Å². The maximum absolute atomic E-state index is 5.43. The second kappa shape index (κ2) is 10.1. The second-order valence-corrected chi connectivity index (χ2v) is 6.13. The fourth-order valence-corrected chi connectivity index (χ4v) is 2.75. The van der Waals surface area contributed by atoms with Crippen LogP contribution in [0, 0.1) is 0 Å². The van der Waals surface area contributed by atoms with Crippen molar-refractivity contribution in [3.8, 4) is 0 Å². The fraction of sp³-hybridized carbons (Fsp3) is 0.833. The lowest BCUT2D eigenvalue weighted by atomic mass is 10.3. The van der Waals surface area contributed by atoms with Crippen LogP contribution in [0.25, 0.3) is 0 Å². The molecule has 5 heteroatoms. The lowest BCUT2D eigenvalue weighted by Crippen LogP contribution is -2.32. The van der Waals surface area contributed by atoms with Crippen molar-refractivity contribution < 1.29 is 4.74 Å². The molecule has 0 aromatic carbocycles. The first-order valence-corrected chi connectivity index (χ1v) is 7.92. The van der Waals surface area contributed by atoms with Gasteiger partial charge in [-0.2, -0.15) is 0 Å². The molecule has 0 spiro atoms. The quantitative estimate of drug-likeness (QED) is 0.658. The van der Waals surface area contributed by atoms with E-state index in [1.54, 1.807) is 0 Å². The Morgan fingerprint density at radius 3 is 2.12 bits per heavy atom. The summed E-state index contributed by atoms with van der Waals surface area (Å²) in [7, 11) is 0. The molecular formula is C12H23NOS3. The van der Waals surface area contributed by atoms with Gasteiger partial charge in [-0.15, -0.1) is 0 Å². The summed E-state index contributed by atoms with van der Waals surface area (Å²) in [6.45, 7) is 10.4. The highest BCUT2D eigenvalue weighted by Crippen LogP contribution is 2.11. The summed E-state index contributed by atoms with van der Waals surface area (Å²) < 4.78 is 6.01. The third kappa shape index (κ3) is 8.80. The molecule has 0 aliphatic rings. The molecule has 0 heterocycles. The zero-order chi connectivity index (χ0) is 13.3. The smallest absolute Gasteiger partial charge is 0.220 e. The summed E-state index contributed by atoms with van der Waals surface area (Å²) in [4.78, 5) is 3.24. The van der Waals surface area contributed by atoms with Gasteiger partial charge in [0, 0.05) is 13.1 Å². The van der Waals surface area contributed by atoms with Gasteiger partial charge >= 0.3 is 0 Å². The summed E-state index contributed by atoms with van der Waals surface area (Å²) in [6, 6.07) is 0. The van der Waals surface area contributed by atoms with Crippen LogP contribution >= 0.6 is 36.2 Å². The summed E-state index contributed by atoms with van der Waals surface area (Å²) in [5.74, 6) is 0.751. The Morgan fingerprint density at radius 2 is 1.71 bits per heavy atom. The monoisotopic (exact) mass is 293 g/mol. The van der Waals surface area contributed by atoms with E-state index in [0.717, 1.165) is 36.7 Å². The summed E-state index contributed by atoms with van der Waals surface area (Å²) in [5, 5.41) is 0. The van der Waals surface area contributed by atoms with Crippen LogP contribution in [0.4, 0.5) is 0 Å². The normalized spacial score (nSPS) is 10.4. The molecule has 0 bridgehead atoms. The van der Waals surface area contributed by atoms with Crippen molar-refractivity contribution in [3.05, 3.63) is 0 Å². The molecule has 0 aromatic rings. The third-order valence-corrected chi connectivity index (χ3v) is 3.77. The molecule has 0 fully saturated rings. The standard InChI is InChI=1S/C12H23NOS3/c1-5-7-13(8-6-2)11(15)9-17-12(16)14-10(3)4/h10H,5-9H2,1-4H3. The van der Waals surface area contributed by atoms with Crippen molar-refractivity contribution in [2.45, 2.75) is 46.6 Å².